The maximum atomic E-state index is 14.8. The van der Waals surface area contributed by atoms with Crippen molar-refractivity contribution >= 4 is 23.8 Å². The van der Waals surface area contributed by atoms with Gasteiger partial charge in [-0.2, -0.15) is 0 Å². The minimum Gasteiger partial charge on any atom is -0.479 e. The molecule has 302 valence electrons. The number of nitrogens with one attached hydrogen (secondary N) is 2. The second-order valence-electron chi connectivity index (χ2n) is 15.2. The van der Waals surface area contributed by atoms with Crippen molar-refractivity contribution in [2.75, 3.05) is 6.61 Å². The van der Waals surface area contributed by atoms with Crippen LogP contribution in [0.3, 0.4) is 0 Å². The first-order valence-corrected chi connectivity index (χ1v) is 19.0. The Bertz CT molecular complexity index is 1890. The minimum atomic E-state index is -2.18. The van der Waals surface area contributed by atoms with Crippen molar-refractivity contribution in [2.45, 2.75) is 102 Å². The molecule has 1 saturated heterocycles. The average molecular weight is 781 g/mol. The molecule has 6 atom stereocenters. The van der Waals surface area contributed by atoms with Crippen LogP contribution < -0.4 is 10.6 Å². The van der Waals surface area contributed by atoms with Gasteiger partial charge in [0.05, 0.1) is 32.5 Å². The van der Waals surface area contributed by atoms with E-state index in [-0.39, 0.29) is 32.8 Å². The van der Waals surface area contributed by atoms with Crippen LogP contribution in [0.2, 0.25) is 0 Å². The van der Waals surface area contributed by atoms with E-state index in [9.17, 15) is 24.3 Å². The molecule has 12 heteroatoms. The second-order valence-corrected chi connectivity index (χ2v) is 15.2. The highest BCUT2D eigenvalue weighted by Crippen LogP contribution is 2.32. The molecule has 12 nitrogen and oxygen atoms in total. The highest BCUT2D eigenvalue weighted by atomic mass is 16.6. The zero-order chi connectivity index (χ0) is 40.8. The number of carbonyl (C=O) groups is 4. The van der Waals surface area contributed by atoms with Crippen LogP contribution in [0.1, 0.15) is 56.4 Å². The smallest absolute Gasteiger partial charge is 0.408 e. The summed E-state index contributed by atoms with van der Waals surface area (Å²) in [6.45, 7) is 6.70. The largest absolute Gasteiger partial charge is 0.479 e. The Labute approximate surface area is 333 Å². The molecule has 4 aromatic rings. The van der Waals surface area contributed by atoms with Gasteiger partial charge in [-0.25, -0.2) is 9.59 Å². The van der Waals surface area contributed by atoms with E-state index in [1.807, 2.05) is 91.0 Å². The van der Waals surface area contributed by atoms with Gasteiger partial charge in [-0.15, -0.1) is 0 Å². The molecule has 0 unspecified atom stereocenters. The first kappa shape index (κ1) is 42.7. The van der Waals surface area contributed by atoms with Gasteiger partial charge in [-0.05, 0) is 43.0 Å². The molecule has 0 radical (unpaired) electrons. The summed E-state index contributed by atoms with van der Waals surface area (Å²) in [5.41, 5.74) is 0.0393. The summed E-state index contributed by atoms with van der Waals surface area (Å²) in [5.74, 6) is -2.64. The third kappa shape index (κ3) is 12.8. The fourth-order valence-corrected chi connectivity index (χ4v) is 6.74. The van der Waals surface area contributed by atoms with Crippen LogP contribution in [0.4, 0.5) is 4.79 Å². The Morgan fingerprint density at radius 1 is 0.684 bits per heavy atom. The summed E-state index contributed by atoms with van der Waals surface area (Å²) in [5, 5.41) is 16.3. The topological polar surface area (TPSA) is 159 Å². The summed E-state index contributed by atoms with van der Waals surface area (Å²) in [4.78, 5) is 54.4. The molecule has 5 rings (SSSR count). The summed E-state index contributed by atoms with van der Waals surface area (Å²) in [6, 6.07) is 36.0. The van der Waals surface area contributed by atoms with Crippen molar-refractivity contribution in [1.82, 2.24) is 10.6 Å². The second kappa shape index (κ2) is 20.1. The van der Waals surface area contributed by atoms with Crippen LogP contribution in [0.15, 0.2) is 121 Å². The highest BCUT2D eigenvalue weighted by molar-refractivity contribution is 5.94. The number of ketones is 1. The molecule has 0 saturated carbocycles. The first-order chi connectivity index (χ1) is 27.3. The molecule has 0 spiro atoms. The monoisotopic (exact) mass is 780 g/mol. The van der Waals surface area contributed by atoms with Gasteiger partial charge in [0.25, 0.3) is 0 Å². The quantitative estimate of drug-likeness (QED) is 0.106. The lowest BCUT2D eigenvalue weighted by atomic mass is 9.81. The summed E-state index contributed by atoms with van der Waals surface area (Å²) in [7, 11) is 0. The molecule has 57 heavy (non-hydrogen) atoms. The van der Waals surface area contributed by atoms with Crippen LogP contribution in [0, 0.1) is 0 Å². The average Bonchev–Trinajstić information content (AvgIpc) is 3.17. The molecular weight excluding hydrogens is 728 g/mol. The molecule has 1 aliphatic heterocycles. The van der Waals surface area contributed by atoms with Crippen molar-refractivity contribution in [3.63, 3.8) is 0 Å². The Hall–Kier alpha value is -5.40. The van der Waals surface area contributed by atoms with Crippen molar-refractivity contribution < 1.29 is 48.0 Å². The molecule has 3 N–H and O–H groups in total. The van der Waals surface area contributed by atoms with E-state index in [1.54, 1.807) is 51.1 Å². The standard InChI is InChI=1S/C45H52N2O10/c1-31(48)46-38-39(36(49)26-45(42(50)51,25-32-17-9-5-10-18-32)47-43(52)57-44(2,3)4)56-37(30-53-27-33-19-11-6-12-20-33)40(54-28-34-21-13-7-14-22-34)41(38)55-29-35-23-15-8-16-24-35/h5-24,37-41H,25-30H2,1-4H3,(H,46,48)(H,47,52)(H,50,51)/t37-,38+,39+,40-,41-,45-/m1/s1. The number of hydrogen-bond acceptors (Lipinski definition) is 9. The summed E-state index contributed by atoms with van der Waals surface area (Å²) in [6.07, 6.45) is -6.24. The van der Waals surface area contributed by atoms with Crippen LogP contribution in [0.5, 0.6) is 0 Å². The molecule has 0 bridgehead atoms. The Balaban J connectivity index is 1.54. The van der Waals surface area contributed by atoms with Gasteiger partial charge in [0, 0.05) is 19.8 Å². The molecule has 4 aromatic carbocycles. The van der Waals surface area contributed by atoms with Gasteiger partial charge in [0.2, 0.25) is 5.91 Å². The molecule has 2 amide bonds. The van der Waals surface area contributed by atoms with Gasteiger partial charge >= 0.3 is 12.1 Å². The zero-order valence-corrected chi connectivity index (χ0v) is 32.8. The molecule has 0 aliphatic carbocycles. The number of rotatable bonds is 18. The number of benzene rings is 4. The number of amides is 2. The lowest BCUT2D eigenvalue weighted by Crippen LogP contribution is -2.68. The van der Waals surface area contributed by atoms with E-state index < -0.39 is 71.8 Å². The number of hydrogen-bond donors (Lipinski definition) is 3. The molecular formula is C45H52N2O10. The summed E-state index contributed by atoms with van der Waals surface area (Å²) < 4.78 is 31.5. The van der Waals surface area contributed by atoms with Gasteiger partial charge in [0.1, 0.15) is 30.0 Å². The maximum Gasteiger partial charge on any atom is 0.408 e. The van der Waals surface area contributed by atoms with Crippen LogP contribution >= 0.6 is 0 Å². The Kier molecular flexibility index (Phi) is 15.1. The van der Waals surface area contributed by atoms with Crippen LogP contribution in [-0.4, -0.2) is 77.1 Å². The van der Waals surface area contributed by atoms with E-state index in [4.69, 9.17) is 23.7 Å². The zero-order valence-electron chi connectivity index (χ0n) is 32.8. The third-order valence-electron chi connectivity index (χ3n) is 9.32. The van der Waals surface area contributed by atoms with E-state index in [0.717, 1.165) is 16.7 Å². The van der Waals surface area contributed by atoms with Gasteiger partial charge in [-0.3, -0.25) is 9.59 Å². The maximum absolute atomic E-state index is 14.8. The Morgan fingerprint density at radius 2 is 1.16 bits per heavy atom. The predicted molar refractivity (Wildman–Crippen MR) is 212 cm³/mol. The Morgan fingerprint density at radius 3 is 1.63 bits per heavy atom. The number of aliphatic carboxylic acids is 1. The van der Waals surface area contributed by atoms with Gasteiger partial charge < -0.3 is 39.4 Å². The van der Waals surface area contributed by atoms with Gasteiger partial charge in [0.15, 0.2) is 11.3 Å². The van der Waals surface area contributed by atoms with Crippen molar-refractivity contribution in [2.24, 2.45) is 0 Å². The fraction of sp³-hybridized carbons (Fsp3) is 0.378. The number of alkyl carbamates (subject to hydrolysis) is 1. The predicted octanol–water partition coefficient (Wildman–Crippen LogP) is 6.20. The van der Waals surface area contributed by atoms with E-state index >= 15 is 0 Å². The normalized spacial score (nSPS) is 20.5. The number of carboxylic acids is 1. The van der Waals surface area contributed by atoms with Gasteiger partial charge in [-0.1, -0.05) is 121 Å². The lowest BCUT2D eigenvalue weighted by molar-refractivity contribution is -0.230. The first-order valence-electron chi connectivity index (χ1n) is 19.0. The molecule has 1 heterocycles. The fourth-order valence-electron chi connectivity index (χ4n) is 6.74. The highest BCUT2D eigenvalue weighted by Gasteiger charge is 2.53. The summed E-state index contributed by atoms with van der Waals surface area (Å²) >= 11 is 0. The number of ether oxygens (including phenoxy) is 5. The van der Waals surface area contributed by atoms with E-state index in [0.29, 0.717) is 5.56 Å². The molecule has 1 aliphatic rings. The van der Waals surface area contributed by atoms with Crippen molar-refractivity contribution in [3.8, 4) is 0 Å². The number of Topliss-reactive ketones (excluding diaryl/α,β-unsaturated/α-hetero) is 1. The van der Waals surface area contributed by atoms with Crippen molar-refractivity contribution in [1.29, 1.82) is 0 Å². The third-order valence-corrected chi connectivity index (χ3v) is 9.32. The minimum absolute atomic E-state index is 0.0413. The van der Waals surface area contributed by atoms with Crippen molar-refractivity contribution in [3.05, 3.63) is 144 Å². The van der Waals surface area contributed by atoms with E-state index in [2.05, 4.69) is 10.6 Å². The number of carboxylic acid groups (broad SMARTS) is 1. The molecule has 1 fully saturated rings. The molecule has 0 aromatic heterocycles. The lowest BCUT2D eigenvalue weighted by Gasteiger charge is -2.46. The number of carbonyl (C=O) groups excluding carboxylic acids is 3. The SMILES string of the molecule is CC(=O)N[C@@H]1[C@@H](OCc2ccccc2)[C@H](OCc2ccccc2)[C@@H](COCc2ccccc2)O[C@H]1C(=O)C[C@@](Cc1ccccc1)(NC(=O)OC(C)(C)C)C(=O)O. The van der Waals surface area contributed by atoms with Crippen LogP contribution in [-0.2, 0) is 64.3 Å². The van der Waals surface area contributed by atoms with E-state index in [1.165, 1.54) is 6.92 Å². The van der Waals surface area contributed by atoms with Crippen LogP contribution in [0.25, 0.3) is 0 Å².